The highest BCUT2D eigenvalue weighted by molar-refractivity contribution is 9.10. The molecule has 0 saturated carbocycles. The van der Waals surface area contributed by atoms with Crippen molar-refractivity contribution in [2.45, 2.75) is 25.9 Å². The number of benzene rings is 1. The summed E-state index contributed by atoms with van der Waals surface area (Å²) >= 11 is 3.38. The van der Waals surface area contributed by atoms with Crippen LogP contribution in [0.2, 0.25) is 0 Å². The maximum Gasteiger partial charge on any atom is 0.254 e. The van der Waals surface area contributed by atoms with Gasteiger partial charge in [0.1, 0.15) is 0 Å². The van der Waals surface area contributed by atoms with Crippen LogP contribution in [0.5, 0.6) is 0 Å². The summed E-state index contributed by atoms with van der Waals surface area (Å²) in [6, 6.07) is 5.68. The first-order valence-corrected chi connectivity index (χ1v) is 6.46. The van der Waals surface area contributed by atoms with Crippen molar-refractivity contribution >= 4 is 21.8 Å². The summed E-state index contributed by atoms with van der Waals surface area (Å²) in [6.45, 7) is 4.73. The molecule has 1 fully saturated rings. The first-order valence-electron chi connectivity index (χ1n) is 5.67. The molecule has 92 valence electrons. The number of halogens is 1. The number of likely N-dealkylation sites (tertiary alicyclic amines) is 1. The molecule has 1 atom stereocenters. The first-order chi connectivity index (χ1) is 7.89. The van der Waals surface area contributed by atoms with Gasteiger partial charge in [0, 0.05) is 23.1 Å². The van der Waals surface area contributed by atoms with Gasteiger partial charge in [-0.3, -0.25) is 4.79 Å². The van der Waals surface area contributed by atoms with Crippen LogP contribution in [0.25, 0.3) is 0 Å². The average Bonchev–Trinajstić information content (AvgIpc) is 2.61. The molecule has 0 aromatic heterocycles. The van der Waals surface area contributed by atoms with Crippen LogP contribution < -0.4 is 0 Å². The molecule has 1 aromatic carbocycles. The normalized spacial score (nSPS) is 24.1. The lowest BCUT2D eigenvalue weighted by Crippen LogP contribution is -2.34. The fourth-order valence-electron chi connectivity index (χ4n) is 2.11. The van der Waals surface area contributed by atoms with Crippen molar-refractivity contribution in [3.63, 3.8) is 0 Å². The van der Waals surface area contributed by atoms with E-state index in [1.165, 1.54) is 0 Å². The van der Waals surface area contributed by atoms with Crippen LogP contribution in [-0.4, -0.2) is 34.6 Å². The number of hydrogen-bond acceptors (Lipinski definition) is 2. The zero-order chi connectivity index (χ0) is 12.6. The second-order valence-corrected chi connectivity index (χ2v) is 5.85. The van der Waals surface area contributed by atoms with Gasteiger partial charge in [0.2, 0.25) is 0 Å². The van der Waals surface area contributed by atoms with Crippen molar-refractivity contribution in [1.29, 1.82) is 0 Å². The van der Waals surface area contributed by atoms with Crippen LogP contribution in [0.1, 0.15) is 29.3 Å². The molecule has 0 bridgehead atoms. The van der Waals surface area contributed by atoms with Gasteiger partial charge in [-0.2, -0.15) is 0 Å². The molecule has 3 nitrogen and oxygen atoms in total. The molecular weight excluding hydrogens is 282 g/mol. The van der Waals surface area contributed by atoms with E-state index in [1.807, 2.05) is 25.1 Å². The molecule has 1 N–H and O–H groups in total. The molecule has 4 heteroatoms. The van der Waals surface area contributed by atoms with E-state index >= 15 is 0 Å². The standard InChI is InChI=1S/C13H16BrNO2/c1-9-3-4-10(14)7-11(9)12(16)15-6-5-13(2,17)8-15/h3-4,7,17H,5-6,8H2,1-2H3. The second kappa shape index (κ2) is 4.42. The number of rotatable bonds is 1. The highest BCUT2D eigenvalue weighted by Crippen LogP contribution is 2.24. The summed E-state index contributed by atoms with van der Waals surface area (Å²) in [5.41, 5.74) is 0.928. The molecule has 0 aliphatic carbocycles. The first kappa shape index (κ1) is 12.6. The van der Waals surface area contributed by atoms with Gasteiger partial charge in [-0.1, -0.05) is 22.0 Å². The van der Waals surface area contributed by atoms with Gasteiger partial charge in [0.05, 0.1) is 5.60 Å². The number of carbonyl (C=O) groups excluding carboxylic acids is 1. The zero-order valence-electron chi connectivity index (χ0n) is 10.0. The van der Waals surface area contributed by atoms with Crippen LogP contribution in [-0.2, 0) is 0 Å². The average molecular weight is 298 g/mol. The van der Waals surface area contributed by atoms with Crippen LogP contribution in [0.4, 0.5) is 0 Å². The molecule has 0 spiro atoms. The molecule has 1 aromatic rings. The Morgan fingerprint density at radius 3 is 2.82 bits per heavy atom. The Kier molecular flexibility index (Phi) is 3.27. The number of carbonyl (C=O) groups is 1. The summed E-state index contributed by atoms with van der Waals surface area (Å²) in [5.74, 6) is 0.00146. The molecule has 0 radical (unpaired) electrons. The Morgan fingerprint density at radius 1 is 1.53 bits per heavy atom. The fourth-order valence-corrected chi connectivity index (χ4v) is 2.47. The Bertz CT molecular complexity index is 457. The number of aryl methyl sites for hydroxylation is 1. The SMILES string of the molecule is Cc1ccc(Br)cc1C(=O)N1CCC(C)(O)C1. The molecule has 1 aliphatic rings. The molecule has 1 heterocycles. The third kappa shape index (κ3) is 2.69. The molecule has 1 unspecified atom stereocenters. The smallest absolute Gasteiger partial charge is 0.254 e. The molecule has 1 amide bonds. The minimum absolute atomic E-state index is 0.00146. The van der Waals surface area contributed by atoms with Crippen LogP contribution in [0.3, 0.4) is 0 Å². The summed E-state index contributed by atoms with van der Waals surface area (Å²) < 4.78 is 0.900. The van der Waals surface area contributed by atoms with Gasteiger partial charge < -0.3 is 10.0 Å². The van der Waals surface area contributed by atoms with E-state index in [9.17, 15) is 9.90 Å². The largest absolute Gasteiger partial charge is 0.388 e. The Hall–Kier alpha value is -0.870. The molecular formula is C13H16BrNO2. The third-order valence-corrected chi connectivity index (χ3v) is 3.66. The van der Waals surface area contributed by atoms with E-state index < -0.39 is 5.60 Å². The lowest BCUT2D eigenvalue weighted by molar-refractivity contribution is 0.0571. The van der Waals surface area contributed by atoms with Crippen molar-refractivity contribution in [3.05, 3.63) is 33.8 Å². The van der Waals surface area contributed by atoms with Gasteiger partial charge >= 0.3 is 0 Å². The lowest BCUT2D eigenvalue weighted by atomic mass is 10.1. The number of aliphatic hydroxyl groups is 1. The summed E-state index contributed by atoms with van der Waals surface area (Å²) in [7, 11) is 0. The maximum atomic E-state index is 12.3. The van der Waals surface area contributed by atoms with Gasteiger partial charge in [0.15, 0.2) is 0 Å². The van der Waals surface area contributed by atoms with Gasteiger partial charge in [-0.25, -0.2) is 0 Å². The zero-order valence-corrected chi connectivity index (χ0v) is 11.6. The lowest BCUT2D eigenvalue weighted by Gasteiger charge is -2.20. The predicted octanol–water partition coefficient (Wildman–Crippen LogP) is 2.35. The molecule has 1 saturated heterocycles. The van der Waals surface area contributed by atoms with E-state index in [-0.39, 0.29) is 5.91 Å². The van der Waals surface area contributed by atoms with Crippen molar-refractivity contribution in [2.24, 2.45) is 0 Å². The minimum atomic E-state index is -0.740. The summed E-state index contributed by atoms with van der Waals surface area (Å²) in [4.78, 5) is 14.0. The van der Waals surface area contributed by atoms with Gasteiger partial charge in [0.25, 0.3) is 5.91 Å². The quantitative estimate of drug-likeness (QED) is 0.864. The highest BCUT2D eigenvalue weighted by Gasteiger charge is 2.34. The fraction of sp³-hybridized carbons (Fsp3) is 0.462. The maximum absolute atomic E-state index is 12.3. The van der Waals surface area contributed by atoms with E-state index in [2.05, 4.69) is 15.9 Å². The summed E-state index contributed by atoms with van der Waals surface area (Å²) in [6.07, 6.45) is 0.645. The van der Waals surface area contributed by atoms with E-state index in [4.69, 9.17) is 0 Å². The van der Waals surface area contributed by atoms with Crippen molar-refractivity contribution in [2.75, 3.05) is 13.1 Å². The third-order valence-electron chi connectivity index (χ3n) is 3.17. The Labute approximate surface area is 110 Å². The Balaban J connectivity index is 2.23. The van der Waals surface area contributed by atoms with Crippen molar-refractivity contribution in [1.82, 2.24) is 4.90 Å². The van der Waals surface area contributed by atoms with E-state index in [0.29, 0.717) is 25.1 Å². The van der Waals surface area contributed by atoms with Crippen LogP contribution >= 0.6 is 15.9 Å². The predicted molar refractivity (Wildman–Crippen MR) is 70.0 cm³/mol. The Morgan fingerprint density at radius 2 is 2.24 bits per heavy atom. The van der Waals surface area contributed by atoms with E-state index in [0.717, 1.165) is 10.0 Å². The summed E-state index contributed by atoms with van der Waals surface area (Å²) in [5, 5.41) is 9.88. The van der Waals surface area contributed by atoms with Crippen molar-refractivity contribution in [3.8, 4) is 0 Å². The number of nitrogens with zero attached hydrogens (tertiary/aromatic N) is 1. The van der Waals surface area contributed by atoms with E-state index in [1.54, 1.807) is 11.8 Å². The van der Waals surface area contributed by atoms with Crippen LogP contribution in [0, 0.1) is 6.92 Å². The number of β-amino-alcohol motifs (C(OH)–C–C–N with tert-alkyl or cyclic N) is 1. The monoisotopic (exact) mass is 297 g/mol. The number of amides is 1. The second-order valence-electron chi connectivity index (χ2n) is 4.93. The highest BCUT2D eigenvalue weighted by atomic mass is 79.9. The molecule has 2 rings (SSSR count). The molecule has 1 aliphatic heterocycles. The minimum Gasteiger partial charge on any atom is -0.388 e. The van der Waals surface area contributed by atoms with Crippen LogP contribution in [0.15, 0.2) is 22.7 Å². The van der Waals surface area contributed by atoms with Gasteiger partial charge in [-0.15, -0.1) is 0 Å². The number of hydrogen-bond donors (Lipinski definition) is 1. The topological polar surface area (TPSA) is 40.5 Å². The molecule has 17 heavy (non-hydrogen) atoms. The van der Waals surface area contributed by atoms with Crippen molar-refractivity contribution < 1.29 is 9.90 Å². The van der Waals surface area contributed by atoms with Gasteiger partial charge in [-0.05, 0) is 38.0 Å².